The molecule has 4 heteroatoms. The molecule has 1 saturated heterocycles. The number of likely N-dealkylation sites (tertiary alicyclic amines) is 1. The molecule has 1 aliphatic heterocycles. The Balaban J connectivity index is 1.61. The second-order valence-electron chi connectivity index (χ2n) is 5.48. The molecule has 1 N–H and O–H groups in total. The minimum atomic E-state index is -0.208. The van der Waals surface area contributed by atoms with Crippen LogP contribution in [0.1, 0.15) is 24.3 Å². The van der Waals surface area contributed by atoms with Gasteiger partial charge in [-0.15, -0.1) is 0 Å². The Hall–Kier alpha value is -2.10. The van der Waals surface area contributed by atoms with Crippen LogP contribution < -0.4 is 5.32 Å². The SMILES string of the molecule is C=CC(=O)N[C@@H]1CC(=O)N([C@H]2C[C@@H]2c2ccccc2)C1. The van der Waals surface area contributed by atoms with Crippen molar-refractivity contribution in [3.63, 3.8) is 0 Å². The topological polar surface area (TPSA) is 49.4 Å². The Morgan fingerprint density at radius 2 is 2.10 bits per heavy atom. The van der Waals surface area contributed by atoms with Crippen LogP contribution >= 0.6 is 0 Å². The van der Waals surface area contributed by atoms with Crippen LogP contribution in [0.5, 0.6) is 0 Å². The molecule has 4 nitrogen and oxygen atoms in total. The standard InChI is InChI=1S/C16H18N2O2/c1-2-15(19)17-12-8-16(20)18(10-12)14-9-13(14)11-6-4-3-5-7-11/h2-7,12-14H,1,8-10H2,(H,17,19)/t12-,13-,14+/m1/s1. The molecular weight excluding hydrogens is 252 g/mol. The highest BCUT2D eigenvalue weighted by Crippen LogP contribution is 2.45. The van der Waals surface area contributed by atoms with Gasteiger partial charge in [-0.05, 0) is 18.1 Å². The molecule has 2 amide bonds. The second kappa shape index (κ2) is 5.12. The third kappa shape index (κ3) is 2.46. The molecule has 1 saturated carbocycles. The molecule has 2 fully saturated rings. The van der Waals surface area contributed by atoms with Crippen molar-refractivity contribution in [2.75, 3.05) is 6.54 Å². The fraction of sp³-hybridized carbons (Fsp3) is 0.375. The van der Waals surface area contributed by atoms with Crippen molar-refractivity contribution < 1.29 is 9.59 Å². The van der Waals surface area contributed by atoms with Gasteiger partial charge in [0.05, 0.1) is 6.04 Å². The van der Waals surface area contributed by atoms with E-state index in [1.807, 2.05) is 23.1 Å². The summed E-state index contributed by atoms with van der Waals surface area (Å²) in [6, 6.07) is 10.5. The molecule has 0 aromatic heterocycles. The fourth-order valence-electron chi connectivity index (χ4n) is 2.99. The lowest BCUT2D eigenvalue weighted by Gasteiger charge is -2.17. The lowest BCUT2D eigenvalue weighted by molar-refractivity contribution is -0.128. The normalized spacial score (nSPS) is 28.3. The summed E-state index contributed by atoms with van der Waals surface area (Å²) in [5.74, 6) is 0.386. The summed E-state index contributed by atoms with van der Waals surface area (Å²) in [6.45, 7) is 4.05. The second-order valence-corrected chi connectivity index (χ2v) is 5.48. The fourth-order valence-corrected chi connectivity index (χ4v) is 2.99. The van der Waals surface area contributed by atoms with E-state index in [4.69, 9.17) is 0 Å². The van der Waals surface area contributed by atoms with Crippen LogP contribution in [0.25, 0.3) is 0 Å². The molecular formula is C16H18N2O2. The smallest absolute Gasteiger partial charge is 0.243 e. The predicted octanol–water partition coefficient (Wildman–Crippen LogP) is 1.45. The van der Waals surface area contributed by atoms with Crippen LogP contribution in [0.3, 0.4) is 0 Å². The summed E-state index contributed by atoms with van der Waals surface area (Å²) >= 11 is 0. The molecule has 104 valence electrons. The summed E-state index contributed by atoms with van der Waals surface area (Å²) in [6.07, 6.45) is 2.67. The van der Waals surface area contributed by atoms with Gasteiger partial charge in [0.1, 0.15) is 0 Å². The van der Waals surface area contributed by atoms with Gasteiger partial charge < -0.3 is 10.2 Å². The van der Waals surface area contributed by atoms with Gasteiger partial charge in [-0.3, -0.25) is 9.59 Å². The largest absolute Gasteiger partial charge is 0.348 e. The monoisotopic (exact) mass is 270 g/mol. The highest BCUT2D eigenvalue weighted by atomic mass is 16.2. The Kier molecular flexibility index (Phi) is 3.30. The lowest BCUT2D eigenvalue weighted by Crippen LogP contribution is -2.36. The maximum absolute atomic E-state index is 12.1. The van der Waals surface area contributed by atoms with E-state index in [9.17, 15) is 9.59 Å². The van der Waals surface area contributed by atoms with Gasteiger partial charge >= 0.3 is 0 Å². The number of amides is 2. The van der Waals surface area contributed by atoms with Gasteiger partial charge in [0, 0.05) is 24.9 Å². The van der Waals surface area contributed by atoms with Crippen molar-refractivity contribution >= 4 is 11.8 Å². The number of nitrogens with one attached hydrogen (secondary N) is 1. The molecule has 0 radical (unpaired) electrons. The van der Waals surface area contributed by atoms with Crippen molar-refractivity contribution in [2.24, 2.45) is 0 Å². The Morgan fingerprint density at radius 1 is 1.35 bits per heavy atom. The van der Waals surface area contributed by atoms with Crippen molar-refractivity contribution in [3.8, 4) is 0 Å². The zero-order valence-corrected chi connectivity index (χ0v) is 11.3. The molecule has 0 bridgehead atoms. The van der Waals surface area contributed by atoms with E-state index in [1.165, 1.54) is 11.6 Å². The van der Waals surface area contributed by atoms with Gasteiger partial charge in [-0.25, -0.2) is 0 Å². The maximum atomic E-state index is 12.1. The molecule has 3 atom stereocenters. The predicted molar refractivity (Wildman–Crippen MR) is 76.0 cm³/mol. The molecule has 3 rings (SSSR count). The van der Waals surface area contributed by atoms with E-state index in [0.717, 1.165) is 6.42 Å². The summed E-state index contributed by atoms with van der Waals surface area (Å²) in [7, 11) is 0. The average Bonchev–Trinajstić information content (AvgIpc) is 3.18. The van der Waals surface area contributed by atoms with Gasteiger partial charge in [-0.1, -0.05) is 36.9 Å². The quantitative estimate of drug-likeness (QED) is 0.842. The highest BCUT2D eigenvalue weighted by molar-refractivity contribution is 5.88. The van der Waals surface area contributed by atoms with Crippen molar-refractivity contribution in [2.45, 2.75) is 30.8 Å². The first-order valence-electron chi connectivity index (χ1n) is 6.96. The number of rotatable bonds is 4. The van der Waals surface area contributed by atoms with Crippen molar-refractivity contribution in [3.05, 3.63) is 48.6 Å². The number of hydrogen-bond donors (Lipinski definition) is 1. The van der Waals surface area contributed by atoms with Crippen LogP contribution in [0.4, 0.5) is 0 Å². The third-order valence-corrected chi connectivity index (χ3v) is 4.08. The molecule has 0 unspecified atom stereocenters. The van der Waals surface area contributed by atoms with E-state index >= 15 is 0 Å². The first-order valence-corrected chi connectivity index (χ1v) is 6.96. The third-order valence-electron chi connectivity index (χ3n) is 4.08. The van der Waals surface area contributed by atoms with E-state index < -0.39 is 0 Å². The Morgan fingerprint density at radius 3 is 2.80 bits per heavy atom. The molecule has 1 heterocycles. The average molecular weight is 270 g/mol. The summed E-state index contributed by atoms with van der Waals surface area (Å²) < 4.78 is 0. The summed E-state index contributed by atoms with van der Waals surface area (Å²) in [4.78, 5) is 25.3. The van der Waals surface area contributed by atoms with Crippen LogP contribution in [-0.4, -0.2) is 35.3 Å². The number of benzene rings is 1. The van der Waals surface area contributed by atoms with Gasteiger partial charge in [0.25, 0.3) is 0 Å². The minimum absolute atomic E-state index is 0.0787. The van der Waals surface area contributed by atoms with E-state index in [-0.39, 0.29) is 17.9 Å². The first-order chi connectivity index (χ1) is 9.69. The lowest BCUT2D eigenvalue weighted by atomic mass is 10.1. The molecule has 20 heavy (non-hydrogen) atoms. The number of nitrogens with zero attached hydrogens (tertiary/aromatic N) is 1. The number of carbonyl (C=O) groups is 2. The summed E-state index contributed by atoms with van der Waals surface area (Å²) in [5, 5.41) is 2.81. The van der Waals surface area contributed by atoms with E-state index in [2.05, 4.69) is 24.0 Å². The van der Waals surface area contributed by atoms with Crippen LogP contribution in [0.2, 0.25) is 0 Å². The Labute approximate surface area is 118 Å². The summed E-state index contributed by atoms with van der Waals surface area (Å²) in [5.41, 5.74) is 1.30. The molecule has 1 aromatic carbocycles. The zero-order valence-electron chi connectivity index (χ0n) is 11.3. The first kappa shape index (κ1) is 12.9. The molecule has 2 aliphatic rings. The van der Waals surface area contributed by atoms with Gasteiger partial charge in [-0.2, -0.15) is 0 Å². The minimum Gasteiger partial charge on any atom is -0.348 e. The number of carbonyl (C=O) groups excluding carboxylic acids is 2. The zero-order chi connectivity index (χ0) is 14.1. The molecule has 1 aromatic rings. The van der Waals surface area contributed by atoms with Crippen LogP contribution in [0.15, 0.2) is 43.0 Å². The maximum Gasteiger partial charge on any atom is 0.243 e. The van der Waals surface area contributed by atoms with Gasteiger partial charge in [0.15, 0.2) is 0 Å². The van der Waals surface area contributed by atoms with Crippen LogP contribution in [0, 0.1) is 0 Å². The van der Waals surface area contributed by atoms with E-state index in [1.54, 1.807) is 0 Å². The molecule has 1 aliphatic carbocycles. The van der Waals surface area contributed by atoms with Crippen LogP contribution in [-0.2, 0) is 9.59 Å². The molecule has 0 spiro atoms. The Bertz CT molecular complexity index is 541. The van der Waals surface area contributed by atoms with Crippen molar-refractivity contribution in [1.82, 2.24) is 10.2 Å². The van der Waals surface area contributed by atoms with Crippen molar-refractivity contribution in [1.29, 1.82) is 0 Å². The highest BCUT2D eigenvalue weighted by Gasteiger charge is 2.47. The number of hydrogen-bond acceptors (Lipinski definition) is 2. The van der Waals surface area contributed by atoms with E-state index in [0.29, 0.717) is 24.9 Å². The van der Waals surface area contributed by atoms with Gasteiger partial charge in [0.2, 0.25) is 11.8 Å².